The second-order valence-electron chi connectivity index (χ2n) is 4.90. The van der Waals surface area contributed by atoms with Gasteiger partial charge in [0.15, 0.2) is 0 Å². The monoisotopic (exact) mass is 422 g/mol. The summed E-state index contributed by atoms with van der Waals surface area (Å²) in [5.74, 6) is 0.976. The molecule has 1 N–H and O–H groups in total. The molecule has 0 spiro atoms. The largest absolute Gasteiger partial charge is 0.369 e. The number of nitrogens with zero attached hydrogens (tertiary/aromatic N) is 1. The van der Waals surface area contributed by atoms with Crippen LogP contribution in [0.2, 0.25) is 0 Å². The average Bonchev–Trinajstić information content (AvgIpc) is 2.91. The van der Waals surface area contributed by atoms with Crippen molar-refractivity contribution in [3.63, 3.8) is 0 Å². The lowest BCUT2D eigenvalue weighted by molar-refractivity contribution is 0.00700. The summed E-state index contributed by atoms with van der Waals surface area (Å²) < 4.78 is 8.45. The van der Waals surface area contributed by atoms with E-state index in [1.165, 1.54) is 11.1 Å². The first kappa shape index (κ1) is 16.3. The van der Waals surface area contributed by atoms with E-state index in [-0.39, 0.29) is 24.6 Å². The SMILES string of the molecule is CCC1Cc2c(Br)cc(Br)cc2C(C2=NCCN2)O1.Cl. The lowest BCUT2D eigenvalue weighted by atomic mass is 9.92. The molecule has 1 aromatic carbocycles. The second kappa shape index (κ2) is 6.77. The van der Waals surface area contributed by atoms with Crippen LogP contribution in [-0.2, 0) is 11.2 Å². The molecule has 0 saturated carbocycles. The van der Waals surface area contributed by atoms with Gasteiger partial charge in [-0.3, -0.25) is 4.99 Å². The second-order valence-corrected chi connectivity index (χ2v) is 6.67. The standard InChI is InChI=1S/C14H16Br2N2O.ClH/c1-2-9-7-10-11(5-8(15)6-12(10)16)13(19-9)14-17-3-4-18-14;/h5-6,9,13H,2-4,7H2,1H3,(H,17,18);1H. The summed E-state index contributed by atoms with van der Waals surface area (Å²) in [7, 11) is 0. The van der Waals surface area contributed by atoms with Crippen LogP contribution in [0.1, 0.15) is 30.6 Å². The Morgan fingerprint density at radius 1 is 1.40 bits per heavy atom. The third kappa shape index (κ3) is 3.06. The highest BCUT2D eigenvalue weighted by Crippen LogP contribution is 2.38. The molecule has 1 aromatic rings. The van der Waals surface area contributed by atoms with E-state index in [4.69, 9.17) is 4.74 Å². The molecule has 2 unspecified atom stereocenters. The fourth-order valence-electron chi connectivity index (χ4n) is 2.66. The number of aliphatic imine (C=N–C) groups is 1. The van der Waals surface area contributed by atoms with Crippen molar-refractivity contribution in [2.75, 3.05) is 13.1 Å². The summed E-state index contributed by atoms with van der Waals surface area (Å²) in [6.07, 6.45) is 2.19. The Hall–Kier alpha value is -0.100. The molecule has 3 nitrogen and oxygen atoms in total. The number of rotatable bonds is 2. The maximum atomic E-state index is 6.22. The number of nitrogens with one attached hydrogen (secondary N) is 1. The van der Waals surface area contributed by atoms with Crippen LogP contribution in [-0.4, -0.2) is 25.0 Å². The lowest BCUT2D eigenvalue weighted by Crippen LogP contribution is -2.35. The number of fused-ring (bicyclic) bond motifs is 1. The van der Waals surface area contributed by atoms with Gasteiger partial charge in [-0.05, 0) is 29.7 Å². The third-order valence-electron chi connectivity index (χ3n) is 3.64. The first-order valence-electron chi connectivity index (χ1n) is 6.60. The topological polar surface area (TPSA) is 33.6 Å². The van der Waals surface area contributed by atoms with Gasteiger partial charge in [-0.1, -0.05) is 38.8 Å². The first-order chi connectivity index (χ1) is 9.19. The highest BCUT2D eigenvalue weighted by Gasteiger charge is 2.32. The van der Waals surface area contributed by atoms with Crippen molar-refractivity contribution in [3.05, 3.63) is 32.2 Å². The normalized spacial score (nSPS) is 24.4. The van der Waals surface area contributed by atoms with Crippen molar-refractivity contribution in [2.24, 2.45) is 4.99 Å². The predicted molar refractivity (Wildman–Crippen MR) is 91.0 cm³/mol. The van der Waals surface area contributed by atoms with Crippen LogP contribution in [0.15, 0.2) is 26.1 Å². The van der Waals surface area contributed by atoms with Crippen molar-refractivity contribution in [1.29, 1.82) is 0 Å². The van der Waals surface area contributed by atoms with E-state index >= 15 is 0 Å². The van der Waals surface area contributed by atoms with Gasteiger partial charge in [-0.15, -0.1) is 12.4 Å². The Morgan fingerprint density at radius 2 is 2.20 bits per heavy atom. The molecular weight excluding hydrogens is 407 g/mol. The average molecular weight is 425 g/mol. The van der Waals surface area contributed by atoms with Gasteiger partial charge in [0, 0.05) is 21.9 Å². The Labute approximate surface area is 142 Å². The Morgan fingerprint density at radius 3 is 2.85 bits per heavy atom. The number of ether oxygens (including phenoxy) is 1. The molecule has 0 saturated heterocycles. The minimum atomic E-state index is -0.0509. The molecule has 0 radical (unpaired) electrons. The third-order valence-corrected chi connectivity index (χ3v) is 4.81. The number of amidine groups is 1. The van der Waals surface area contributed by atoms with Crippen molar-refractivity contribution in [1.82, 2.24) is 5.32 Å². The van der Waals surface area contributed by atoms with Gasteiger partial charge in [0.25, 0.3) is 0 Å². The van der Waals surface area contributed by atoms with E-state index in [9.17, 15) is 0 Å². The summed E-state index contributed by atoms with van der Waals surface area (Å²) >= 11 is 7.24. The summed E-state index contributed by atoms with van der Waals surface area (Å²) in [6.45, 7) is 3.93. The quantitative estimate of drug-likeness (QED) is 0.778. The number of hydrogen-bond donors (Lipinski definition) is 1. The lowest BCUT2D eigenvalue weighted by Gasteiger charge is -2.32. The van der Waals surface area contributed by atoms with Crippen LogP contribution in [0.25, 0.3) is 0 Å². The van der Waals surface area contributed by atoms with Gasteiger partial charge in [0.2, 0.25) is 0 Å². The van der Waals surface area contributed by atoms with Crippen LogP contribution < -0.4 is 5.32 Å². The highest BCUT2D eigenvalue weighted by atomic mass is 79.9. The Balaban J connectivity index is 0.00000147. The molecule has 20 heavy (non-hydrogen) atoms. The van der Waals surface area contributed by atoms with E-state index in [0.29, 0.717) is 0 Å². The Bertz CT molecular complexity index is 536. The molecule has 6 heteroatoms. The molecule has 110 valence electrons. The van der Waals surface area contributed by atoms with E-state index in [2.05, 4.69) is 61.2 Å². The number of halogens is 3. The maximum absolute atomic E-state index is 6.22. The first-order valence-corrected chi connectivity index (χ1v) is 8.19. The zero-order valence-electron chi connectivity index (χ0n) is 11.2. The molecule has 0 fully saturated rings. The van der Waals surface area contributed by atoms with E-state index < -0.39 is 0 Å². The molecule has 2 aliphatic rings. The van der Waals surface area contributed by atoms with Crippen molar-refractivity contribution >= 4 is 50.1 Å². The highest BCUT2D eigenvalue weighted by molar-refractivity contribution is 9.11. The fourth-order valence-corrected chi connectivity index (χ4v) is 4.08. The van der Waals surface area contributed by atoms with Crippen LogP contribution in [0.3, 0.4) is 0 Å². The van der Waals surface area contributed by atoms with Gasteiger partial charge in [-0.25, -0.2) is 0 Å². The van der Waals surface area contributed by atoms with Crippen molar-refractivity contribution in [3.8, 4) is 0 Å². The van der Waals surface area contributed by atoms with Crippen molar-refractivity contribution < 1.29 is 4.74 Å². The Kier molecular flexibility index (Phi) is 5.51. The molecule has 2 heterocycles. The predicted octanol–water partition coefficient (Wildman–Crippen LogP) is 4.03. The fraction of sp³-hybridized carbons (Fsp3) is 0.500. The smallest absolute Gasteiger partial charge is 0.140 e. The van der Waals surface area contributed by atoms with Crippen LogP contribution in [0.4, 0.5) is 0 Å². The summed E-state index contributed by atoms with van der Waals surface area (Å²) in [6, 6.07) is 4.26. The molecule has 0 bridgehead atoms. The molecule has 0 amide bonds. The van der Waals surface area contributed by atoms with Crippen LogP contribution >= 0.6 is 44.3 Å². The van der Waals surface area contributed by atoms with E-state index in [1.54, 1.807) is 0 Å². The molecule has 0 aliphatic carbocycles. The summed E-state index contributed by atoms with van der Waals surface area (Å²) in [5.41, 5.74) is 2.57. The molecule has 0 aromatic heterocycles. The van der Waals surface area contributed by atoms with Gasteiger partial charge in [0.05, 0.1) is 12.6 Å². The van der Waals surface area contributed by atoms with E-state index in [1.807, 2.05) is 0 Å². The van der Waals surface area contributed by atoms with Crippen LogP contribution in [0, 0.1) is 0 Å². The van der Waals surface area contributed by atoms with E-state index in [0.717, 1.165) is 40.7 Å². The minimum Gasteiger partial charge on any atom is -0.369 e. The van der Waals surface area contributed by atoms with Gasteiger partial charge >= 0.3 is 0 Å². The molecule has 2 atom stereocenters. The molecular formula is C14H17Br2ClN2O. The van der Waals surface area contributed by atoms with Gasteiger partial charge < -0.3 is 10.1 Å². The molecule has 3 rings (SSSR count). The zero-order valence-corrected chi connectivity index (χ0v) is 15.1. The number of hydrogen-bond acceptors (Lipinski definition) is 3. The zero-order chi connectivity index (χ0) is 13.4. The van der Waals surface area contributed by atoms with Crippen LogP contribution in [0.5, 0.6) is 0 Å². The van der Waals surface area contributed by atoms with Gasteiger partial charge in [0.1, 0.15) is 11.9 Å². The number of benzene rings is 1. The maximum Gasteiger partial charge on any atom is 0.140 e. The summed E-state index contributed by atoms with van der Waals surface area (Å²) in [5, 5.41) is 3.35. The van der Waals surface area contributed by atoms with Crippen molar-refractivity contribution in [2.45, 2.75) is 32.0 Å². The minimum absolute atomic E-state index is 0. The molecule has 2 aliphatic heterocycles. The summed E-state index contributed by atoms with van der Waals surface area (Å²) in [4.78, 5) is 4.54. The van der Waals surface area contributed by atoms with Gasteiger partial charge in [-0.2, -0.15) is 0 Å².